The molecule has 1 unspecified atom stereocenters. The summed E-state index contributed by atoms with van der Waals surface area (Å²) in [5.74, 6) is 0.917. The van der Waals surface area contributed by atoms with Crippen molar-refractivity contribution in [2.45, 2.75) is 30.7 Å². The van der Waals surface area contributed by atoms with E-state index in [0.29, 0.717) is 41.6 Å². The van der Waals surface area contributed by atoms with E-state index in [2.05, 4.69) is 10.3 Å². The van der Waals surface area contributed by atoms with E-state index in [4.69, 9.17) is 9.15 Å². The normalized spacial score (nSPS) is 16.7. The first-order chi connectivity index (χ1) is 16.3. The number of ether oxygens (including phenoxy) is 1. The summed E-state index contributed by atoms with van der Waals surface area (Å²) in [7, 11) is -2.16. The molecule has 5 rings (SSSR count). The molecule has 0 spiro atoms. The Morgan fingerprint density at radius 1 is 1.21 bits per heavy atom. The molecule has 10 heteroatoms. The van der Waals surface area contributed by atoms with Crippen LogP contribution in [0.1, 0.15) is 18.4 Å². The van der Waals surface area contributed by atoms with E-state index in [1.807, 2.05) is 31.2 Å². The van der Waals surface area contributed by atoms with Crippen LogP contribution in [0.25, 0.3) is 22.4 Å². The molecule has 1 fully saturated rings. The second-order valence-electron chi connectivity index (χ2n) is 8.13. The van der Waals surface area contributed by atoms with Crippen LogP contribution in [0.15, 0.2) is 63.2 Å². The lowest BCUT2D eigenvalue weighted by atomic mass is 10.2. The van der Waals surface area contributed by atoms with E-state index < -0.39 is 16.1 Å². The molecular weight excluding hydrogens is 474 g/mol. The number of benzene rings is 2. The molecule has 1 aliphatic rings. The second-order valence-corrected chi connectivity index (χ2v) is 10.9. The van der Waals surface area contributed by atoms with Gasteiger partial charge in [0.2, 0.25) is 15.9 Å². The maximum Gasteiger partial charge on any atom is 0.244 e. The molecule has 0 radical (unpaired) electrons. The summed E-state index contributed by atoms with van der Waals surface area (Å²) in [5.41, 5.74) is 2.26. The number of rotatable bonds is 6. The minimum Gasteiger partial charge on any atom is -0.497 e. The fourth-order valence-electron chi connectivity index (χ4n) is 4.04. The quantitative estimate of drug-likeness (QED) is 0.416. The molecule has 4 aromatic rings. The minimum atomic E-state index is -3.77. The summed E-state index contributed by atoms with van der Waals surface area (Å²) in [5, 5.41) is 5.85. The molecule has 8 nitrogen and oxygen atoms in total. The fraction of sp³-hybridized carbons (Fsp3) is 0.250. The number of aryl methyl sites for hydroxylation is 1. The largest absolute Gasteiger partial charge is 0.497 e. The molecule has 2 aromatic carbocycles. The molecule has 34 heavy (non-hydrogen) atoms. The number of nitrogens with one attached hydrogen (secondary N) is 1. The number of sulfonamides is 1. The standard InChI is InChI=1S/C24H23N3O5S2/c1-15-5-8-18(9-6-15)34(29,30)27-11-3-4-20(27)23(28)26-24-25-19(14-33-24)22-13-16-12-17(31-2)7-10-21(16)32-22/h5-10,12-14,20H,3-4,11H2,1-2H3,(H,25,26,28). The van der Waals surface area contributed by atoms with Crippen LogP contribution in [0.4, 0.5) is 5.13 Å². The zero-order valence-electron chi connectivity index (χ0n) is 18.6. The van der Waals surface area contributed by atoms with Crippen LogP contribution in [0, 0.1) is 6.92 Å². The Hall–Kier alpha value is -3.21. The van der Waals surface area contributed by atoms with Gasteiger partial charge in [-0.2, -0.15) is 4.31 Å². The Labute approximate surface area is 201 Å². The van der Waals surface area contributed by atoms with E-state index in [9.17, 15) is 13.2 Å². The number of carbonyl (C=O) groups is 1. The summed E-state index contributed by atoms with van der Waals surface area (Å²) >= 11 is 1.26. The van der Waals surface area contributed by atoms with Crippen molar-refractivity contribution in [2.24, 2.45) is 0 Å². The van der Waals surface area contributed by atoms with Gasteiger partial charge in [-0.25, -0.2) is 13.4 Å². The van der Waals surface area contributed by atoms with E-state index >= 15 is 0 Å². The van der Waals surface area contributed by atoms with Crippen LogP contribution in [-0.4, -0.2) is 43.3 Å². The van der Waals surface area contributed by atoms with Gasteiger partial charge in [-0.3, -0.25) is 4.79 Å². The van der Waals surface area contributed by atoms with Crippen molar-refractivity contribution in [3.8, 4) is 17.2 Å². The number of amides is 1. The van der Waals surface area contributed by atoms with Crippen molar-refractivity contribution in [1.29, 1.82) is 0 Å². The lowest BCUT2D eigenvalue weighted by Crippen LogP contribution is -2.43. The zero-order chi connectivity index (χ0) is 23.9. The highest BCUT2D eigenvalue weighted by Crippen LogP contribution is 2.33. The molecule has 3 heterocycles. The Bertz CT molecular complexity index is 1460. The highest BCUT2D eigenvalue weighted by Gasteiger charge is 2.39. The number of nitrogens with zero attached hydrogens (tertiary/aromatic N) is 2. The van der Waals surface area contributed by atoms with E-state index in [1.54, 1.807) is 36.8 Å². The van der Waals surface area contributed by atoms with Gasteiger partial charge in [0.15, 0.2) is 10.9 Å². The van der Waals surface area contributed by atoms with Gasteiger partial charge in [-0.1, -0.05) is 17.7 Å². The molecule has 176 valence electrons. The summed E-state index contributed by atoms with van der Waals surface area (Å²) in [6, 6.07) is 13.3. The molecule has 1 amide bonds. The summed E-state index contributed by atoms with van der Waals surface area (Å²) in [6.45, 7) is 2.20. The Morgan fingerprint density at radius 2 is 2.00 bits per heavy atom. The van der Waals surface area contributed by atoms with Crippen molar-refractivity contribution in [3.63, 3.8) is 0 Å². The third-order valence-corrected chi connectivity index (χ3v) is 8.52. The second kappa shape index (κ2) is 8.86. The first-order valence-corrected chi connectivity index (χ1v) is 13.1. The smallest absolute Gasteiger partial charge is 0.244 e. The lowest BCUT2D eigenvalue weighted by Gasteiger charge is -2.23. The van der Waals surface area contributed by atoms with Crippen LogP contribution in [0.2, 0.25) is 0 Å². The third-order valence-electron chi connectivity index (χ3n) is 5.84. The van der Waals surface area contributed by atoms with Crippen molar-refractivity contribution in [2.75, 3.05) is 19.0 Å². The minimum absolute atomic E-state index is 0.191. The fourth-order valence-corrected chi connectivity index (χ4v) is 6.40. The predicted octanol–water partition coefficient (Wildman–Crippen LogP) is 4.67. The number of furan rings is 1. The van der Waals surface area contributed by atoms with Gasteiger partial charge in [0.25, 0.3) is 0 Å². The molecule has 1 saturated heterocycles. The van der Waals surface area contributed by atoms with Gasteiger partial charge in [0, 0.05) is 17.3 Å². The zero-order valence-corrected chi connectivity index (χ0v) is 20.3. The molecule has 0 aliphatic carbocycles. The average molecular weight is 498 g/mol. The van der Waals surface area contributed by atoms with Gasteiger partial charge in [0.05, 0.1) is 12.0 Å². The summed E-state index contributed by atoms with van der Waals surface area (Å²) in [6.07, 6.45) is 1.08. The van der Waals surface area contributed by atoms with Gasteiger partial charge in [0.1, 0.15) is 23.1 Å². The number of hydrogen-bond acceptors (Lipinski definition) is 7. The Kier molecular flexibility index (Phi) is 5.88. The SMILES string of the molecule is COc1ccc2oc(-c3csc(NC(=O)C4CCCN4S(=O)(=O)c4ccc(C)cc4)n3)cc2c1. The van der Waals surface area contributed by atoms with Crippen LogP contribution >= 0.6 is 11.3 Å². The number of fused-ring (bicyclic) bond motifs is 1. The van der Waals surface area contributed by atoms with Gasteiger partial charge >= 0.3 is 0 Å². The topological polar surface area (TPSA) is 102 Å². The van der Waals surface area contributed by atoms with Crippen LogP contribution < -0.4 is 10.1 Å². The number of aromatic nitrogens is 1. The van der Waals surface area contributed by atoms with Crippen LogP contribution in [0.3, 0.4) is 0 Å². The highest BCUT2D eigenvalue weighted by molar-refractivity contribution is 7.89. The van der Waals surface area contributed by atoms with Crippen molar-refractivity contribution < 1.29 is 22.4 Å². The summed E-state index contributed by atoms with van der Waals surface area (Å²) < 4.78 is 38.7. The molecule has 0 saturated carbocycles. The molecule has 2 aromatic heterocycles. The third kappa shape index (κ3) is 4.20. The van der Waals surface area contributed by atoms with E-state index in [0.717, 1.165) is 16.7 Å². The van der Waals surface area contributed by atoms with Crippen LogP contribution in [0.5, 0.6) is 5.75 Å². The number of carbonyl (C=O) groups excluding carboxylic acids is 1. The van der Waals surface area contributed by atoms with Crippen molar-refractivity contribution >= 4 is 43.4 Å². The summed E-state index contributed by atoms with van der Waals surface area (Å²) in [4.78, 5) is 17.7. The van der Waals surface area contributed by atoms with Crippen molar-refractivity contribution in [3.05, 3.63) is 59.5 Å². The number of hydrogen-bond donors (Lipinski definition) is 1. The maximum atomic E-state index is 13.1. The van der Waals surface area contributed by atoms with Gasteiger partial charge < -0.3 is 14.5 Å². The van der Waals surface area contributed by atoms with E-state index in [1.165, 1.54) is 15.6 Å². The average Bonchev–Trinajstić information content (AvgIpc) is 3.57. The predicted molar refractivity (Wildman–Crippen MR) is 131 cm³/mol. The highest BCUT2D eigenvalue weighted by atomic mass is 32.2. The van der Waals surface area contributed by atoms with Gasteiger partial charge in [-0.15, -0.1) is 11.3 Å². The van der Waals surface area contributed by atoms with Gasteiger partial charge in [-0.05, 0) is 56.2 Å². The monoisotopic (exact) mass is 497 g/mol. The molecule has 1 aliphatic heterocycles. The first-order valence-electron chi connectivity index (χ1n) is 10.8. The number of methoxy groups -OCH3 is 1. The number of thiazole rings is 1. The molecular formula is C24H23N3O5S2. The Balaban J connectivity index is 1.33. The Morgan fingerprint density at radius 3 is 2.76 bits per heavy atom. The van der Waals surface area contributed by atoms with Crippen LogP contribution in [-0.2, 0) is 14.8 Å². The first kappa shape index (κ1) is 22.6. The maximum absolute atomic E-state index is 13.1. The van der Waals surface area contributed by atoms with E-state index in [-0.39, 0.29) is 10.8 Å². The van der Waals surface area contributed by atoms with Crippen molar-refractivity contribution in [1.82, 2.24) is 9.29 Å². The molecule has 1 atom stereocenters. The lowest BCUT2D eigenvalue weighted by molar-refractivity contribution is -0.119. The molecule has 0 bridgehead atoms. The number of anilines is 1. The molecule has 1 N–H and O–H groups in total.